The zero-order chi connectivity index (χ0) is 17.8. The summed E-state index contributed by atoms with van der Waals surface area (Å²) in [5.41, 5.74) is 5.81. The molecule has 25 heavy (non-hydrogen) atoms. The molecular formula is C20H22N4S. The van der Waals surface area contributed by atoms with Crippen LogP contribution >= 0.6 is 12.2 Å². The monoisotopic (exact) mass is 350 g/mol. The number of aromatic nitrogens is 2. The van der Waals surface area contributed by atoms with Crippen LogP contribution in [0.3, 0.4) is 0 Å². The zero-order valence-electron chi connectivity index (χ0n) is 14.7. The van der Waals surface area contributed by atoms with Gasteiger partial charge in [0.15, 0.2) is 5.11 Å². The third kappa shape index (κ3) is 4.25. The molecule has 4 nitrogen and oxygen atoms in total. The largest absolute Gasteiger partial charge is 0.358 e. The van der Waals surface area contributed by atoms with Crippen LogP contribution in [0.1, 0.15) is 22.5 Å². The summed E-state index contributed by atoms with van der Waals surface area (Å²) in [6.45, 7) is 6.87. The minimum atomic E-state index is 0.623. The molecule has 2 aromatic carbocycles. The van der Waals surface area contributed by atoms with Crippen molar-refractivity contribution in [3.63, 3.8) is 0 Å². The number of benzene rings is 2. The summed E-state index contributed by atoms with van der Waals surface area (Å²) in [4.78, 5) is 4.25. The molecule has 0 fully saturated rings. The molecule has 128 valence electrons. The fourth-order valence-electron chi connectivity index (χ4n) is 2.60. The molecule has 3 rings (SSSR count). The molecule has 5 heteroatoms. The van der Waals surface area contributed by atoms with Crippen molar-refractivity contribution in [1.29, 1.82) is 0 Å². The van der Waals surface area contributed by atoms with Gasteiger partial charge in [-0.1, -0.05) is 18.2 Å². The predicted octanol–water partition coefficient (Wildman–Crippen LogP) is 4.28. The van der Waals surface area contributed by atoms with Gasteiger partial charge >= 0.3 is 0 Å². The van der Waals surface area contributed by atoms with E-state index in [9.17, 15) is 0 Å². The number of thiocarbonyl (C=S) groups is 1. The van der Waals surface area contributed by atoms with Crippen LogP contribution in [0.15, 0.2) is 54.9 Å². The lowest BCUT2D eigenvalue weighted by molar-refractivity contribution is 0.920. The first-order chi connectivity index (χ1) is 12.0. The Morgan fingerprint density at radius 2 is 1.80 bits per heavy atom. The molecule has 0 radical (unpaired) electrons. The average Bonchev–Trinajstić information content (AvgIpc) is 3.03. The van der Waals surface area contributed by atoms with Crippen molar-refractivity contribution in [2.75, 3.05) is 5.32 Å². The van der Waals surface area contributed by atoms with Crippen molar-refractivity contribution in [2.24, 2.45) is 0 Å². The number of rotatable bonds is 4. The summed E-state index contributed by atoms with van der Waals surface area (Å²) in [6, 6.07) is 14.6. The molecule has 1 aromatic heterocycles. The average molecular weight is 350 g/mol. The van der Waals surface area contributed by atoms with Gasteiger partial charge in [-0.2, -0.15) is 0 Å². The summed E-state index contributed by atoms with van der Waals surface area (Å²) in [5.74, 6) is 0.977. The van der Waals surface area contributed by atoms with Gasteiger partial charge in [-0.3, -0.25) is 0 Å². The molecule has 0 atom stereocenters. The Bertz CT molecular complexity index is 881. The lowest BCUT2D eigenvalue weighted by atomic mass is 10.1. The SMILES string of the molecule is Cc1ccc(NC(=S)NCc2ccc(-n3ccnc3C)cc2)cc1C. The Balaban J connectivity index is 1.57. The van der Waals surface area contributed by atoms with Crippen molar-refractivity contribution >= 4 is 23.0 Å². The van der Waals surface area contributed by atoms with Crippen LogP contribution in [-0.4, -0.2) is 14.7 Å². The van der Waals surface area contributed by atoms with Crippen LogP contribution in [0, 0.1) is 20.8 Å². The minimum absolute atomic E-state index is 0.623. The summed E-state index contributed by atoms with van der Waals surface area (Å²) >= 11 is 5.38. The van der Waals surface area contributed by atoms with E-state index in [4.69, 9.17) is 12.2 Å². The maximum absolute atomic E-state index is 5.38. The van der Waals surface area contributed by atoms with Gasteiger partial charge in [0.1, 0.15) is 5.82 Å². The molecule has 0 aliphatic rings. The van der Waals surface area contributed by atoms with Gasteiger partial charge in [0.2, 0.25) is 0 Å². The van der Waals surface area contributed by atoms with Crippen LogP contribution in [-0.2, 0) is 6.54 Å². The molecule has 1 heterocycles. The molecule has 0 bridgehead atoms. The summed E-state index contributed by atoms with van der Waals surface area (Å²) in [6.07, 6.45) is 3.77. The van der Waals surface area contributed by atoms with Crippen molar-refractivity contribution in [1.82, 2.24) is 14.9 Å². The van der Waals surface area contributed by atoms with Crippen LogP contribution in [0.2, 0.25) is 0 Å². The zero-order valence-corrected chi connectivity index (χ0v) is 15.5. The van der Waals surface area contributed by atoms with E-state index in [0.717, 1.165) is 17.2 Å². The van der Waals surface area contributed by atoms with E-state index in [1.165, 1.54) is 16.7 Å². The topological polar surface area (TPSA) is 41.9 Å². The fourth-order valence-corrected chi connectivity index (χ4v) is 2.79. The van der Waals surface area contributed by atoms with Gasteiger partial charge in [-0.05, 0) is 73.9 Å². The van der Waals surface area contributed by atoms with Crippen LogP contribution in [0.4, 0.5) is 5.69 Å². The maximum Gasteiger partial charge on any atom is 0.171 e. The Labute approximate surface area is 153 Å². The molecule has 0 amide bonds. The number of anilines is 1. The fraction of sp³-hybridized carbons (Fsp3) is 0.200. The van der Waals surface area contributed by atoms with Crippen molar-refractivity contribution < 1.29 is 0 Å². The Morgan fingerprint density at radius 1 is 1.04 bits per heavy atom. The van der Waals surface area contributed by atoms with Crippen molar-refractivity contribution in [3.05, 3.63) is 77.4 Å². The molecule has 3 aromatic rings. The molecule has 0 saturated carbocycles. The number of hydrogen-bond donors (Lipinski definition) is 2. The third-order valence-corrected chi connectivity index (χ3v) is 4.50. The van der Waals surface area contributed by atoms with E-state index in [1.807, 2.05) is 25.4 Å². The van der Waals surface area contributed by atoms with Crippen molar-refractivity contribution in [3.8, 4) is 5.69 Å². The molecule has 0 unspecified atom stereocenters. The first-order valence-electron chi connectivity index (χ1n) is 8.24. The normalized spacial score (nSPS) is 10.5. The second kappa shape index (κ2) is 7.49. The van der Waals surface area contributed by atoms with Gasteiger partial charge in [0.05, 0.1) is 0 Å². The highest BCUT2D eigenvalue weighted by Crippen LogP contribution is 2.14. The van der Waals surface area contributed by atoms with Gasteiger partial charge in [-0.15, -0.1) is 0 Å². The summed E-state index contributed by atoms with van der Waals surface area (Å²) in [7, 11) is 0. The predicted molar refractivity (Wildman–Crippen MR) is 107 cm³/mol. The Morgan fingerprint density at radius 3 is 2.44 bits per heavy atom. The van der Waals surface area contributed by atoms with E-state index in [1.54, 1.807) is 0 Å². The highest BCUT2D eigenvalue weighted by molar-refractivity contribution is 7.80. The van der Waals surface area contributed by atoms with Gasteiger partial charge in [-0.25, -0.2) is 4.98 Å². The second-order valence-corrected chi connectivity index (χ2v) is 6.53. The second-order valence-electron chi connectivity index (χ2n) is 6.12. The van der Waals surface area contributed by atoms with Gasteiger partial charge < -0.3 is 15.2 Å². The molecule has 0 aliphatic heterocycles. The highest BCUT2D eigenvalue weighted by atomic mass is 32.1. The first kappa shape index (κ1) is 17.2. The number of hydrogen-bond acceptors (Lipinski definition) is 2. The molecule has 0 saturated heterocycles. The summed E-state index contributed by atoms with van der Waals surface area (Å²) < 4.78 is 2.06. The van der Waals surface area contributed by atoms with E-state index in [0.29, 0.717) is 11.7 Å². The van der Waals surface area contributed by atoms with E-state index in [-0.39, 0.29) is 0 Å². The lowest BCUT2D eigenvalue weighted by Gasteiger charge is -2.12. The first-order valence-corrected chi connectivity index (χ1v) is 8.65. The van der Waals surface area contributed by atoms with E-state index in [2.05, 4.69) is 70.4 Å². The van der Waals surface area contributed by atoms with Crippen LogP contribution in [0.25, 0.3) is 5.69 Å². The van der Waals surface area contributed by atoms with E-state index >= 15 is 0 Å². The molecule has 0 spiro atoms. The standard InChI is InChI=1S/C20H22N4S/c1-14-4-7-18(12-15(14)2)23-20(25)22-13-17-5-8-19(9-6-17)24-11-10-21-16(24)3/h4-12H,13H2,1-3H3,(H2,22,23,25). The molecule has 2 N–H and O–H groups in total. The van der Waals surface area contributed by atoms with Gasteiger partial charge in [0, 0.05) is 30.3 Å². The maximum atomic E-state index is 5.38. The Hall–Kier alpha value is -2.66. The van der Waals surface area contributed by atoms with E-state index < -0.39 is 0 Å². The number of nitrogens with zero attached hydrogens (tertiary/aromatic N) is 2. The lowest BCUT2D eigenvalue weighted by Crippen LogP contribution is -2.27. The molecule has 0 aliphatic carbocycles. The Kier molecular flexibility index (Phi) is 5.14. The number of aryl methyl sites for hydroxylation is 3. The number of nitrogens with one attached hydrogen (secondary N) is 2. The number of imidazole rings is 1. The van der Waals surface area contributed by atoms with Crippen LogP contribution in [0.5, 0.6) is 0 Å². The third-order valence-electron chi connectivity index (χ3n) is 4.26. The smallest absolute Gasteiger partial charge is 0.171 e. The summed E-state index contributed by atoms with van der Waals surface area (Å²) in [5, 5.41) is 7.10. The minimum Gasteiger partial charge on any atom is -0.358 e. The molecular weight excluding hydrogens is 328 g/mol. The van der Waals surface area contributed by atoms with Crippen molar-refractivity contribution in [2.45, 2.75) is 27.3 Å². The van der Waals surface area contributed by atoms with Gasteiger partial charge in [0.25, 0.3) is 0 Å². The quantitative estimate of drug-likeness (QED) is 0.689. The highest BCUT2D eigenvalue weighted by Gasteiger charge is 2.02. The van der Waals surface area contributed by atoms with Crippen LogP contribution < -0.4 is 10.6 Å².